The molecule has 0 bridgehead atoms. The molecule has 100 valence electrons. The van der Waals surface area contributed by atoms with Crippen molar-refractivity contribution in [2.24, 2.45) is 5.73 Å². The summed E-state index contributed by atoms with van der Waals surface area (Å²) in [6.07, 6.45) is 0.716. The molecule has 0 aliphatic carbocycles. The van der Waals surface area contributed by atoms with Crippen LogP contribution in [0.3, 0.4) is 0 Å². The fraction of sp³-hybridized carbons (Fsp3) is 0.214. The van der Waals surface area contributed by atoms with Gasteiger partial charge in [-0.25, -0.2) is 0 Å². The van der Waals surface area contributed by atoms with Crippen LogP contribution < -0.4 is 11.1 Å². The predicted octanol–water partition coefficient (Wildman–Crippen LogP) is 2.94. The zero-order valence-electron chi connectivity index (χ0n) is 10.4. The van der Waals surface area contributed by atoms with Crippen LogP contribution in [0.15, 0.2) is 40.2 Å². The van der Waals surface area contributed by atoms with Gasteiger partial charge in [0.05, 0.1) is 6.54 Å². The van der Waals surface area contributed by atoms with Crippen molar-refractivity contribution in [3.05, 3.63) is 56.2 Å². The Hall–Kier alpha value is -1.17. The molecule has 0 aliphatic rings. The van der Waals surface area contributed by atoms with Crippen LogP contribution in [0, 0.1) is 0 Å². The fourth-order valence-corrected chi connectivity index (χ4v) is 3.22. The van der Waals surface area contributed by atoms with E-state index in [-0.39, 0.29) is 5.91 Å². The number of rotatable bonds is 5. The third kappa shape index (κ3) is 3.89. The monoisotopic (exact) mass is 338 g/mol. The molecule has 19 heavy (non-hydrogen) atoms. The van der Waals surface area contributed by atoms with Crippen LogP contribution in [-0.2, 0) is 13.0 Å². The van der Waals surface area contributed by atoms with Crippen molar-refractivity contribution >= 4 is 33.2 Å². The Kier molecular flexibility index (Phi) is 5.13. The zero-order chi connectivity index (χ0) is 13.7. The molecule has 0 atom stereocenters. The summed E-state index contributed by atoms with van der Waals surface area (Å²) in [5, 5.41) is 4.94. The zero-order valence-corrected chi connectivity index (χ0v) is 12.8. The number of thiophene rings is 1. The number of nitrogens with one attached hydrogen (secondary N) is 1. The first-order valence-corrected chi connectivity index (χ1v) is 7.67. The molecule has 0 radical (unpaired) electrons. The van der Waals surface area contributed by atoms with E-state index in [4.69, 9.17) is 5.73 Å². The Balaban J connectivity index is 2.03. The molecule has 0 saturated heterocycles. The van der Waals surface area contributed by atoms with E-state index in [0.29, 0.717) is 25.1 Å². The summed E-state index contributed by atoms with van der Waals surface area (Å²) in [5.41, 5.74) is 7.27. The second kappa shape index (κ2) is 6.84. The van der Waals surface area contributed by atoms with Gasteiger partial charge in [0.25, 0.3) is 5.91 Å². The van der Waals surface area contributed by atoms with Crippen molar-refractivity contribution in [3.63, 3.8) is 0 Å². The van der Waals surface area contributed by atoms with Gasteiger partial charge in [-0.05, 0) is 46.6 Å². The molecular formula is C14H15BrN2OS. The molecule has 0 saturated carbocycles. The standard InChI is InChI=1S/C14H15BrN2OS/c15-11-7-12(19-9-11)8-17-14(18)13-4-2-1-3-10(13)5-6-16/h1-4,7,9H,5-6,8,16H2,(H,17,18). The molecule has 2 rings (SSSR count). The number of benzene rings is 1. The van der Waals surface area contributed by atoms with Gasteiger partial charge in [0.15, 0.2) is 0 Å². The highest BCUT2D eigenvalue weighted by molar-refractivity contribution is 9.10. The summed E-state index contributed by atoms with van der Waals surface area (Å²) in [6, 6.07) is 9.60. The van der Waals surface area contributed by atoms with Gasteiger partial charge < -0.3 is 11.1 Å². The first kappa shape index (κ1) is 14.2. The van der Waals surface area contributed by atoms with Crippen molar-refractivity contribution in [2.75, 3.05) is 6.54 Å². The lowest BCUT2D eigenvalue weighted by atomic mass is 10.0. The van der Waals surface area contributed by atoms with E-state index in [1.54, 1.807) is 11.3 Å². The molecule has 2 aromatic rings. The predicted molar refractivity (Wildman–Crippen MR) is 82.4 cm³/mol. The van der Waals surface area contributed by atoms with Crippen molar-refractivity contribution < 1.29 is 4.79 Å². The average molecular weight is 339 g/mol. The first-order valence-electron chi connectivity index (χ1n) is 6.00. The molecule has 3 nitrogen and oxygen atoms in total. The summed E-state index contributed by atoms with van der Waals surface area (Å²) >= 11 is 5.02. The van der Waals surface area contributed by atoms with Gasteiger partial charge in [0.1, 0.15) is 0 Å². The lowest BCUT2D eigenvalue weighted by molar-refractivity contribution is 0.0950. The normalized spacial score (nSPS) is 10.4. The Morgan fingerprint density at radius 2 is 2.16 bits per heavy atom. The highest BCUT2D eigenvalue weighted by atomic mass is 79.9. The summed E-state index contributed by atoms with van der Waals surface area (Å²) in [7, 11) is 0. The van der Waals surface area contributed by atoms with Gasteiger partial charge in [0.2, 0.25) is 0 Å². The maximum Gasteiger partial charge on any atom is 0.251 e. The molecular weight excluding hydrogens is 324 g/mol. The average Bonchev–Trinajstić information content (AvgIpc) is 2.83. The van der Waals surface area contributed by atoms with Crippen molar-refractivity contribution in [1.29, 1.82) is 0 Å². The van der Waals surface area contributed by atoms with Gasteiger partial charge in [-0.15, -0.1) is 11.3 Å². The molecule has 3 N–H and O–H groups in total. The van der Waals surface area contributed by atoms with Crippen molar-refractivity contribution in [2.45, 2.75) is 13.0 Å². The second-order valence-corrected chi connectivity index (χ2v) is 6.02. The molecule has 0 fully saturated rings. The molecule has 1 amide bonds. The van der Waals surface area contributed by atoms with Crippen molar-refractivity contribution in [1.82, 2.24) is 5.32 Å². The van der Waals surface area contributed by atoms with Crippen LogP contribution in [-0.4, -0.2) is 12.5 Å². The number of amides is 1. The largest absolute Gasteiger partial charge is 0.347 e. The van der Waals surface area contributed by atoms with Crippen molar-refractivity contribution in [3.8, 4) is 0 Å². The third-order valence-corrected chi connectivity index (χ3v) is 4.42. The lowest BCUT2D eigenvalue weighted by Gasteiger charge is -2.08. The molecule has 0 spiro atoms. The van der Waals surface area contributed by atoms with Gasteiger partial charge in [-0.1, -0.05) is 18.2 Å². The number of carbonyl (C=O) groups excluding carboxylic acids is 1. The molecule has 0 unspecified atom stereocenters. The lowest BCUT2D eigenvalue weighted by Crippen LogP contribution is -2.24. The number of carbonyl (C=O) groups is 1. The van der Waals surface area contributed by atoms with Crippen LogP contribution in [0.4, 0.5) is 0 Å². The summed E-state index contributed by atoms with van der Waals surface area (Å²) < 4.78 is 1.05. The molecule has 5 heteroatoms. The van der Waals surface area contributed by atoms with Gasteiger partial charge in [0, 0.05) is 20.3 Å². The SMILES string of the molecule is NCCc1ccccc1C(=O)NCc1cc(Br)cs1. The Morgan fingerprint density at radius 1 is 1.37 bits per heavy atom. The smallest absolute Gasteiger partial charge is 0.251 e. The maximum absolute atomic E-state index is 12.2. The Bertz CT molecular complexity index is 568. The van der Waals surface area contributed by atoms with Crippen LogP contribution in [0.2, 0.25) is 0 Å². The van der Waals surface area contributed by atoms with Crippen LogP contribution in [0.5, 0.6) is 0 Å². The molecule has 0 aliphatic heterocycles. The molecule has 1 aromatic carbocycles. The first-order chi connectivity index (χ1) is 9.20. The third-order valence-electron chi connectivity index (χ3n) is 2.72. The number of hydrogen-bond donors (Lipinski definition) is 2. The highest BCUT2D eigenvalue weighted by Crippen LogP contribution is 2.19. The summed E-state index contributed by atoms with van der Waals surface area (Å²) in [5.74, 6) is -0.0476. The van der Waals surface area contributed by atoms with E-state index in [1.807, 2.05) is 35.7 Å². The summed E-state index contributed by atoms with van der Waals surface area (Å²) in [4.78, 5) is 13.3. The number of halogens is 1. The minimum atomic E-state index is -0.0476. The Labute approximate surface area is 125 Å². The topological polar surface area (TPSA) is 55.1 Å². The van der Waals surface area contributed by atoms with Crippen LogP contribution >= 0.6 is 27.3 Å². The number of hydrogen-bond acceptors (Lipinski definition) is 3. The molecule has 1 aromatic heterocycles. The van der Waals surface area contributed by atoms with Crippen LogP contribution in [0.25, 0.3) is 0 Å². The quantitative estimate of drug-likeness (QED) is 0.880. The van der Waals surface area contributed by atoms with Gasteiger partial charge >= 0.3 is 0 Å². The summed E-state index contributed by atoms with van der Waals surface area (Å²) in [6.45, 7) is 1.09. The van der Waals surface area contributed by atoms with Gasteiger partial charge in [-0.2, -0.15) is 0 Å². The van der Waals surface area contributed by atoms with E-state index in [0.717, 1.165) is 14.9 Å². The highest BCUT2D eigenvalue weighted by Gasteiger charge is 2.10. The minimum absolute atomic E-state index is 0.0476. The van der Waals surface area contributed by atoms with E-state index in [9.17, 15) is 4.79 Å². The Morgan fingerprint density at radius 3 is 2.84 bits per heavy atom. The van der Waals surface area contributed by atoms with Gasteiger partial charge in [-0.3, -0.25) is 4.79 Å². The van der Waals surface area contributed by atoms with E-state index < -0.39 is 0 Å². The minimum Gasteiger partial charge on any atom is -0.347 e. The van der Waals surface area contributed by atoms with E-state index in [1.165, 1.54) is 0 Å². The fourth-order valence-electron chi connectivity index (χ4n) is 1.82. The van der Waals surface area contributed by atoms with E-state index >= 15 is 0 Å². The second-order valence-electron chi connectivity index (χ2n) is 4.11. The maximum atomic E-state index is 12.2. The number of nitrogens with two attached hydrogens (primary N) is 1. The van der Waals surface area contributed by atoms with E-state index in [2.05, 4.69) is 21.2 Å². The van der Waals surface area contributed by atoms with Crippen LogP contribution in [0.1, 0.15) is 20.8 Å². The molecule has 1 heterocycles.